The molecule has 0 bridgehead atoms. The second-order valence-corrected chi connectivity index (χ2v) is 4.02. The molecule has 2 rings (SSSR count). The molecule has 2 unspecified atom stereocenters. The van der Waals surface area contributed by atoms with Crippen LogP contribution >= 0.6 is 0 Å². The van der Waals surface area contributed by atoms with Crippen molar-refractivity contribution in [2.24, 2.45) is 13.0 Å². The summed E-state index contributed by atoms with van der Waals surface area (Å²) in [7, 11) is 1.69. The summed E-state index contributed by atoms with van der Waals surface area (Å²) >= 11 is 0. The summed E-state index contributed by atoms with van der Waals surface area (Å²) in [5.74, 6) is 0.595. The third-order valence-corrected chi connectivity index (χ3v) is 2.77. The number of nitrogens with zero attached hydrogens (tertiary/aromatic N) is 4. The Labute approximate surface area is 88.0 Å². The van der Waals surface area contributed by atoms with Crippen LogP contribution in [0.4, 0.5) is 4.39 Å². The molecule has 2 heterocycles. The van der Waals surface area contributed by atoms with Crippen molar-refractivity contribution in [2.45, 2.75) is 25.4 Å². The van der Waals surface area contributed by atoms with Crippen LogP contribution in [-0.4, -0.2) is 39.5 Å². The van der Waals surface area contributed by atoms with E-state index in [9.17, 15) is 4.39 Å². The standard InChI is InChI=1S/C9H16FN5/c1-15-13-9(12-14-15)5-8(10)7-3-2-4-11-6-7/h7-8,11H,2-6H2,1H3. The minimum atomic E-state index is -0.859. The van der Waals surface area contributed by atoms with Crippen molar-refractivity contribution in [3.05, 3.63) is 5.82 Å². The molecule has 1 saturated heterocycles. The molecule has 0 amide bonds. The normalized spacial score (nSPS) is 24.0. The van der Waals surface area contributed by atoms with Gasteiger partial charge in [0.25, 0.3) is 0 Å². The molecule has 0 aliphatic carbocycles. The maximum Gasteiger partial charge on any atom is 0.177 e. The summed E-state index contributed by atoms with van der Waals surface area (Å²) in [5.41, 5.74) is 0. The maximum absolute atomic E-state index is 13.8. The zero-order chi connectivity index (χ0) is 10.7. The Morgan fingerprint density at radius 2 is 2.53 bits per heavy atom. The van der Waals surface area contributed by atoms with Crippen molar-refractivity contribution in [3.8, 4) is 0 Å². The monoisotopic (exact) mass is 213 g/mol. The second kappa shape index (κ2) is 4.65. The first-order valence-electron chi connectivity index (χ1n) is 5.33. The van der Waals surface area contributed by atoms with Gasteiger partial charge in [-0.1, -0.05) is 0 Å². The molecule has 0 spiro atoms. The lowest BCUT2D eigenvalue weighted by molar-refractivity contribution is 0.189. The fourth-order valence-corrected chi connectivity index (χ4v) is 1.93. The first-order chi connectivity index (χ1) is 7.25. The number of aryl methyl sites for hydroxylation is 1. The van der Waals surface area contributed by atoms with Gasteiger partial charge in [-0.25, -0.2) is 4.39 Å². The lowest BCUT2D eigenvalue weighted by Gasteiger charge is -2.25. The van der Waals surface area contributed by atoms with Gasteiger partial charge in [0.1, 0.15) is 6.17 Å². The Kier molecular flexibility index (Phi) is 3.25. The van der Waals surface area contributed by atoms with Gasteiger partial charge in [0.05, 0.1) is 7.05 Å². The second-order valence-electron chi connectivity index (χ2n) is 4.02. The number of tetrazole rings is 1. The van der Waals surface area contributed by atoms with Crippen LogP contribution in [0.25, 0.3) is 0 Å². The number of halogens is 1. The van der Waals surface area contributed by atoms with Crippen molar-refractivity contribution >= 4 is 0 Å². The van der Waals surface area contributed by atoms with E-state index >= 15 is 0 Å². The van der Waals surface area contributed by atoms with E-state index in [-0.39, 0.29) is 12.3 Å². The van der Waals surface area contributed by atoms with Crippen LogP contribution in [0.5, 0.6) is 0 Å². The molecule has 1 fully saturated rings. The zero-order valence-corrected chi connectivity index (χ0v) is 8.86. The molecule has 2 atom stereocenters. The summed E-state index contributed by atoms with van der Waals surface area (Å²) in [6, 6.07) is 0. The van der Waals surface area contributed by atoms with Crippen LogP contribution in [0, 0.1) is 5.92 Å². The number of alkyl halides is 1. The summed E-state index contributed by atoms with van der Waals surface area (Å²) in [6.07, 6.45) is 1.43. The van der Waals surface area contributed by atoms with E-state index in [4.69, 9.17) is 0 Å². The summed E-state index contributed by atoms with van der Waals surface area (Å²) < 4.78 is 13.8. The molecule has 15 heavy (non-hydrogen) atoms. The highest BCUT2D eigenvalue weighted by Crippen LogP contribution is 2.19. The minimum Gasteiger partial charge on any atom is -0.316 e. The van der Waals surface area contributed by atoms with Crippen LogP contribution in [0.3, 0.4) is 0 Å². The number of nitrogens with one attached hydrogen (secondary N) is 1. The quantitative estimate of drug-likeness (QED) is 0.773. The van der Waals surface area contributed by atoms with E-state index in [1.807, 2.05) is 0 Å². The minimum absolute atomic E-state index is 0.0996. The highest BCUT2D eigenvalue weighted by molar-refractivity contribution is 4.86. The number of hydrogen-bond acceptors (Lipinski definition) is 4. The van der Waals surface area contributed by atoms with Gasteiger partial charge in [0.2, 0.25) is 0 Å². The molecule has 1 aliphatic rings. The predicted molar refractivity (Wildman–Crippen MR) is 53.0 cm³/mol. The van der Waals surface area contributed by atoms with Crippen LogP contribution in [0.2, 0.25) is 0 Å². The van der Waals surface area contributed by atoms with E-state index < -0.39 is 6.17 Å². The molecule has 6 heteroatoms. The Bertz CT molecular complexity index is 307. The third kappa shape index (κ3) is 2.71. The van der Waals surface area contributed by atoms with Gasteiger partial charge in [0.15, 0.2) is 5.82 Å². The molecule has 0 saturated carbocycles. The molecule has 0 aromatic carbocycles. The Morgan fingerprint density at radius 1 is 1.67 bits per heavy atom. The molecular formula is C9H16FN5. The van der Waals surface area contributed by atoms with Gasteiger partial charge in [0, 0.05) is 18.9 Å². The lowest BCUT2D eigenvalue weighted by atomic mass is 9.93. The molecular weight excluding hydrogens is 197 g/mol. The van der Waals surface area contributed by atoms with Gasteiger partial charge in [-0.3, -0.25) is 0 Å². The molecule has 1 aromatic rings. The summed E-state index contributed by atoms with van der Waals surface area (Å²) in [5, 5.41) is 14.7. The fourth-order valence-electron chi connectivity index (χ4n) is 1.93. The highest BCUT2D eigenvalue weighted by atomic mass is 19.1. The Balaban J connectivity index is 1.88. The van der Waals surface area contributed by atoms with Crippen LogP contribution in [0.1, 0.15) is 18.7 Å². The van der Waals surface area contributed by atoms with E-state index in [0.717, 1.165) is 25.9 Å². The number of rotatable bonds is 3. The fraction of sp³-hybridized carbons (Fsp3) is 0.889. The van der Waals surface area contributed by atoms with E-state index in [1.54, 1.807) is 7.05 Å². The average Bonchev–Trinajstić information content (AvgIpc) is 2.65. The highest BCUT2D eigenvalue weighted by Gasteiger charge is 2.24. The van der Waals surface area contributed by atoms with Gasteiger partial charge in [-0.2, -0.15) is 4.80 Å². The number of piperidine rings is 1. The predicted octanol–water partition coefficient (Wildman–Crippen LogP) is 0.0903. The van der Waals surface area contributed by atoms with E-state index in [2.05, 4.69) is 20.7 Å². The zero-order valence-electron chi connectivity index (χ0n) is 8.86. The molecule has 1 aliphatic heterocycles. The topological polar surface area (TPSA) is 55.6 Å². The van der Waals surface area contributed by atoms with Crippen LogP contribution < -0.4 is 5.32 Å². The average molecular weight is 213 g/mol. The molecule has 0 radical (unpaired) electrons. The molecule has 1 aromatic heterocycles. The first kappa shape index (κ1) is 10.5. The van der Waals surface area contributed by atoms with Gasteiger partial charge < -0.3 is 5.32 Å². The number of aromatic nitrogens is 4. The van der Waals surface area contributed by atoms with Gasteiger partial charge in [-0.15, -0.1) is 10.2 Å². The van der Waals surface area contributed by atoms with Crippen molar-refractivity contribution in [1.82, 2.24) is 25.5 Å². The van der Waals surface area contributed by atoms with Crippen molar-refractivity contribution in [2.75, 3.05) is 13.1 Å². The lowest BCUT2D eigenvalue weighted by Crippen LogP contribution is -2.36. The first-order valence-corrected chi connectivity index (χ1v) is 5.33. The summed E-state index contributed by atoms with van der Waals surface area (Å²) in [4.78, 5) is 1.36. The van der Waals surface area contributed by atoms with Crippen LogP contribution in [-0.2, 0) is 13.5 Å². The molecule has 5 nitrogen and oxygen atoms in total. The largest absolute Gasteiger partial charge is 0.316 e. The SMILES string of the molecule is Cn1nnc(CC(F)C2CCCNC2)n1. The third-order valence-electron chi connectivity index (χ3n) is 2.77. The Morgan fingerprint density at radius 3 is 3.13 bits per heavy atom. The van der Waals surface area contributed by atoms with Crippen LogP contribution in [0.15, 0.2) is 0 Å². The van der Waals surface area contributed by atoms with E-state index in [1.165, 1.54) is 4.80 Å². The van der Waals surface area contributed by atoms with E-state index in [0.29, 0.717) is 5.82 Å². The van der Waals surface area contributed by atoms with Crippen molar-refractivity contribution < 1.29 is 4.39 Å². The molecule has 84 valence electrons. The van der Waals surface area contributed by atoms with Gasteiger partial charge in [-0.05, 0) is 24.6 Å². The molecule has 1 N–H and O–H groups in total. The Hall–Kier alpha value is -1.04. The van der Waals surface area contributed by atoms with Gasteiger partial charge >= 0.3 is 0 Å². The number of hydrogen-bond donors (Lipinski definition) is 1. The maximum atomic E-state index is 13.8. The van der Waals surface area contributed by atoms with Crippen molar-refractivity contribution in [3.63, 3.8) is 0 Å². The smallest absolute Gasteiger partial charge is 0.177 e. The summed E-state index contributed by atoms with van der Waals surface area (Å²) in [6.45, 7) is 1.77. The van der Waals surface area contributed by atoms with Crippen molar-refractivity contribution in [1.29, 1.82) is 0 Å².